The highest BCUT2D eigenvalue weighted by Crippen LogP contribution is 2.31. The van der Waals surface area contributed by atoms with Crippen LogP contribution in [-0.2, 0) is 5.60 Å². The van der Waals surface area contributed by atoms with E-state index in [9.17, 15) is 18.7 Å². The Kier molecular flexibility index (Phi) is 4.97. The van der Waals surface area contributed by atoms with Gasteiger partial charge < -0.3 is 20.2 Å². The van der Waals surface area contributed by atoms with Gasteiger partial charge in [0.2, 0.25) is 11.8 Å². The molecule has 13 heteroatoms. The summed E-state index contributed by atoms with van der Waals surface area (Å²) in [5.74, 6) is -2.36. The van der Waals surface area contributed by atoms with E-state index >= 15 is 0 Å². The topological polar surface area (TPSA) is 149 Å². The average molecular weight is 472 g/mol. The molecule has 0 unspecified atom stereocenters. The van der Waals surface area contributed by atoms with Gasteiger partial charge in [0.15, 0.2) is 17.3 Å². The van der Waals surface area contributed by atoms with Crippen molar-refractivity contribution in [1.82, 2.24) is 34.7 Å². The van der Waals surface area contributed by atoms with Crippen molar-refractivity contribution in [3.8, 4) is 0 Å². The Morgan fingerprint density at radius 2 is 2.00 bits per heavy atom. The Morgan fingerprint density at radius 1 is 1.24 bits per heavy atom. The quantitative estimate of drug-likeness (QED) is 0.457. The minimum absolute atomic E-state index is 0.0617. The lowest BCUT2D eigenvalue weighted by molar-refractivity contribution is 0.0422. The smallest absolute Gasteiger partial charge is 0.311 e. The molecule has 1 aliphatic heterocycles. The predicted octanol–water partition coefficient (Wildman–Crippen LogP) is 2.16. The maximum Gasteiger partial charge on any atom is 0.311 e. The van der Waals surface area contributed by atoms with E-state index < -0.39 is 23.1 Å². The number of carbonyl (C=O) groups is 1. The number of nitrogens with two attached hydrogens (primary N) is 1. The molecule has 1 amide bonds. The first kappa shape index (κ1) is 22.1. The normalized spacial score (nSPS) is 19.3. The molecular weight excluding hydrogens is 450 g/mol. The number of aliphatic hydroxyl groups is 1. The van der Waals surface area contributed by atoms with Crippen molar-refractivity contribution in [2.24, 2.45) is 0 Å². The van der Waals surface area contributed by atoms with E-state index in [1.807, 2.05) is 6.92 Å². The second-order valence-corrected chi connectivity index (χ2v) is 9.01. The number of hydrogen-bond donors (Lipinski definition) is 2. The first-order valence-corrected chi connectivity index (χ1v) is 10.7. The molecule has 178 valence electrons. The number of nitrogens with zero attached hydrogens (tertiary/aromatic N) is 7. The van der Waals surface area contributed by atoms with Crippen LogP contribution in [0.1, 0.15) is 61.9 Å². The first-order chi connectivity index (χ1) is 16.0. The van der Waals surface area contributed by atoms with Crippen molar-refractivity contribution >= 4 is 28.4 Å². The fourth-order valence-corrected chi connectivity index (χ4v) is 4.13. The monoisotopic (exact) mass is 472 g/mol. The lowest BCUT2D eigenvalue weighted by Gasteiger charge is -2.36. The number of amides is 1. The molecule has 1 saturated heterocycles. The number of piperidine rings is 1. The van der Waals surface area contributed by atoms with Crippen molar-refractivity contribution in [3.05, 3.63) is 41.4 Å². The summed E-state index contributed by atoms with van der Waals surface area (Å²) in [6.45, 7) is 5.11. The Labute approximate surface area is 191 Å². The highest BCUT2D eigenvalue weighted by atomic mass is 19.1. The molecule has 1 aliphatic rings. The van der Waals surface area contributed by atoms with Crippen LogP contribution in [0.25, 0.3) is 16.6 Å². The van der Waals surface area contributed by atoms with Crippen LogP contribution >= 0.6 is 0 Å². The molecule has 11 nitrogen and oxygen atoms in total. The minimum Gasteiger partial charge on any atom is -0.414 e. The van der Waals surface area contributed by atoms with Crippen LogP contribution in [-0.4, -0.2) is 58.3 Å². The number of carbonyl (C=O) groups excluding carboxylic acids is 1. The standard InChI is InChI=1S/C21H22F2N8O3/c1-9-4-5-10(8-30(9)18(32)17-27-28-19(34-17)21(2,3)33)15-26-16-12-6-11(22)7-13(23)14(12)25-20(24)31(16)29-15/h6-7,9-10,33H,4-5,8H2,1-3H3,(H2,24,25)/t9-,10+/m0/s1. The van der Waals surface area contributed by atoms with Gasteiger partial charge in [0.1, 0.15) is 16.9 Å². The van der Waals surface area contributed by atoms with Crippen LogP contribution in [0.15, 0.2) is 16.5 Å². The fourth-order valence-electron chi connectivity index (χ4n) is 4.13. The summed E-state index contributed by atoms with van der Waals surface area (Å²) in [5.41, 5.74) is 4.66. The van der Waals surface area contributed by atoms with Gasteiger partial charge in [-0.25, -0.2) is 18.7 Å². The van der Waals surface area contributed by atoms with Gasteiger partial charge in [0.25, 0.3) is 0 Å². The molecule has 3 N–H and O–H groups in total. The molecule has 34 heavy (non-hydrogen) atoms. The number of benzene rings is 1. The Hall–Kier alpha value is -3.74. The van der Waals surface area contributed by atoms with Crippen molar-refractivity contribution in [1.29, 1.82) is 0 Å². The predicted molar refractivity (Wildman–Crippen MR) is 115 cm³/mol. The Morgan fingerprint density at radius 3 is 2.71 bits per heavy atom. The van der Waals surface area contributed by atoms with Gasteiger partial charge in [-0.2, -0.15) is 4.52 Å². The van der Waals surface area contributed by atoms with Crippen molar-refractivity contribution in [2.45, 2.75) is 51.2 Å². The molecule has 0 saturated carbocycles. The molecule has 3 aromatic heterocycles. The van der Waals surface area contributed by atoms with Gasteiger partial charge in [-0.1, -0.05) is 0 Å². The number of nitrogen functional groups attached to an aromatic ring is 1. The van der Waals surface area contributed by atoms with Crippen LogP contribution in [0.2, 0.25) is 0 Å². The Balaban J connectivity index is 1.49. The summed E-state index contributed by atoms with van der Waals surface area (Å²) >= 11 is 0. The average Bonchev–Trinajstić information content (AvgIpc) is 3.43. The van der Waals surface area contributed by atoms with Gasteiger partial charge in [-0.05, 0) is 39.7 Å². The van der Waals surface area contributed by atoms with Crippen LogP contribution in [0.3, 0.4) is 0 Å². The summed E-state index contributed by atoms with van der Waals surface area (Å²) in [7, 11) is 0. The second kappa shape index (κ2) is 7.65. The van der Waals surface area contributed by atoms with Crippen molar-refractivity contribution in [3.63, 3.8) is 0 Å². The molecule has 0 aliphatic carbocycles. The maximum absolute atomic E-state index is 14.2. The molecule has 4 aromatic rings. The van der Waals surface area contributed by atoms with Gasteiger partial charge in [0, 0.05) is 24.6 Å². The maximum atomic E-state index is 14.2. The van der Waals surface area contributed by atoms with Crippen LogP contribution in [0.4, 0.5) is 14.7 Å². The molecular formula is C21H22F2N8O3. The summed E-state index contributed by atoms with van der Waals surface area (Å²) in [4.78, 5) is 23.2. The van der Waals surface area contributed by atoms with Gasteiger partial charge in [-0.3, -0.25) is 4.79 Å². The number of rotatable bonds is 3. The fraction of sp³-hybridized carbons (Fsp3) is 0.429. The van der Waals surface area contributed by atoms with Crippen LogP contribution < -0.4 is 5.73 Å². The number of aromatic nitrogens is 6. The Bertz CT molecular complexity index is 1430. The van der Waals surface area contributed by atoms with Gasteiger partial charge in [0.05, 0.1) is 5.39 Å². The van der Waals surface area contributed by atoms with E-state index in [0.717, 1.165) is 12.1 Å². The molecule has 4 heterocycles. The largest absolute Gasteiger partial charge is 0.414 e. The molecule has 0 radical (unpaired) electrons. The third kappa shape index (κ3) is 3.61. The number of fused-ring (bicyclic) bond motifs is 3. The van der Waals surface area contributed by atoms with E-state index in [1.165, 1.54) is 18.4 Å². The molecule has 1 aromatic carbocycles. The zero-order valence-corrected chi connectivity index (χ0v) is 18.7. The highest BCUT2D eigenvalue weighted by molar-refractivity contribution is 5.92. The third-order valence-corrected chi connectivity index (χ3v) is 5.98. The van der Waals surface area contributed by atoms with E-state index in [4.69, 9.17) is 10.2 Å². The van der Waals surface area contributed by atoms with Gasteiger partial charge >= 0.3 is 11.8 Å². The molecule has 2 atom stereocenters. The van der Waals surface area contributed by atoms with Crippen molar-refractivity contribution < 1.29 is 23.1 Å². The number of halogens is 2. The summed E-state index contributed by atoms with van der Waals surface area (Å²) < 4.78 is 34.7. The molecule has 0 bridgehead atoms. The zero-order chi connectivity index (χ0) is 24.4. The molecule has 5 rings (SSSR count). The first-order valence-electron chi connectivity index (χ1n) is 10.7. The van der Waals surface area contributed by atoms with E-state index in [2.05, 4.69) is 25.3 Å². The van der Waals surface area contributed by atoms with Crippen LogP contribution in [0, 0.1) is 11.6 Å². The number of anilines is 1. The lowest BCUT2D eigenvalue weighted by Crippen LogP contribution is -2.45. The van der Waals surface area contributed by atoms with E-state index in [0.29, 0.717) is 18.7 Å². The summed E-state index contributed by atoms with van der Waals surface area (Å²) in [5, 5.41) is 22.2. The molecule has 0 spiro atoms. The summed E-state index contributed by atoms with van der Waals surface area (Å²) in [6, 6.07) is 1.75. The lowest BCUT2D eigenvalue weighted by atomic mass is 9.93. The zero-order valence-electron chi connectivity index (χ0n) is 18.7. The van der Waals surface area contributed by atoms with Crippen LogP contribution in [0.5, 0.6) is 0 Å². The van der Waals surface area contributed by atoms with E-state index in [-0.39, 0.29) is 52.8 Å². The third-order valence-electron chi connectivity index (χ3n) is 5.98. The second-order valence-electron chi connectivity index (χ2n) is 9.01. The van der Waals surface area contributed by atoms with Crippen molar-refractivity contribution in [2.75, 3.05) is 12.3 Å². The SMILES string of the molecule is C[C@H]1CC[C@@H](c2nc3c4cc(F)cc(F)c4nc(N)n3n2)CN1C(=O)c1nnc(C(C)(C)O)o1. The number of hydrogen-bond acceptors (Lipinski definition) is 9. The highest BCUT2D eigenvalue weighted by Gasteiger charge is 2.36. The number of likely N-dealkylation sites (tertiary alicyclic amines) is 1. The molecule has 1 fully saturated rings. The summed E-state index contributed by atoms with van der Waals surface area (Å²) in [6.07, 6.45) is 1.32. The van der Waals surface area contributed by atoms with E-state index in [1.54, 1.807) is 4.90 Å². The minimum atomic E-state index is -1.38. The van der Waals surface area contributed by atoms with Gasteiger partial charge in [-0.15, -0.1) is 15.3 Å².